The van der Waals surface area contributed by atoms with Crippen LogP contribution in [0.4, 0.5) is 5.13 Å². The summed E-state index contributed by atoms with van der Waals surface area (Å²) in [6.45, 7) is 4.03. The molecule has 0 radical (unpaired) electrons. The Kier molecular flexibility index (Phi) is 4.50. The van der Waals surface area contributed by atoms with Crippen molar-refractivity contribution in [2.45, 2.75) is 19.8 Å². The molecule has 0 aliphatic carbocycles. The van der Waals surface area contributed by atoms with Crippen molar-refractivity contribution < 1.29 is 4.79 Å². The average molecular weight is 296 g/mol. The van der Waals surface area contributed by atoms with E-state index in [-0.39, 0.29) is 17.7 Å². The Bertz CT molecular complexity index is 540. The van der Waals surface area contributed by atoms with Gasteiger partial charge in [0.2, 0.25) is 11.0 Å². The molecule has 1 heterocycles. The molecule has 2 rings (SSSR count). The number of hydrogen-bond donors (Lipinski definition) is 1. The second kappa shape index (κ2) is 6.12. The highest BCUT2D eigenvalue weighted by molar-refractivity contribution is 7.13. The minimum atomic E-state index is -0.235. The highest BCUT2D eigenvalue weighted by Gasteiger charge is 2.24. The van der Waals surface area contributed by atoms with Crippen molar-refractivity contribution in [1.82, 2.24) is 10.2 Å². The van der Waals surface area contributed by atoms with Gasteiger partial charge in [-0.25, -0.2) is 0 Å². The largest absolute Gasteiger partial charge is 0.300 e. The number of benzene rings is 1. The fraction of sp³-hybridized carbons (Fsp3) is 0.308. The predicted octanol–water partition coefficient (Wildman–Crippen LogP) is 3.57. The maximum Gasteiger partial charge on any atom is 0.234 e. The molecular weight excluding hydrogens is 282 g/mol. The second-order valence-electron chi connectivity index (χ2n) is 4.51. The molecular formula is C13H14ClN3OS. The first-order chi connectivity index (χ1) is 9.08. The van der Waals surface area contributed by atoms with Crippen molar-refractivity contribution in [2.24, 2.45) is 5.92 Å². The molecule has 4 nitrogen and oxygen atoms in total. The van der Waals surface area contributed by atoms with E-state index in [2.05, 4.69) is 15.5 Å². The Morgan fingerprint density at radius 2 is 2.00 bits per heavy atom. The molecule has 100 valence electrons. The minimum absolute atomic E-state index is 0.0749. The average Bonchev–Trinajstić information content (AvgIpc) is 2.84. The van der Waals surface area contributed by atoms with Crippen molar-refractivity contribution in [3.63, 3.8) is 0 Å². The Balaban J connectivity index is 2.20. The lowest BCUT2D eigenvalue weighted by Crippen LogP contribution is -2.25. The summed E-state index contributed by atoms with van der Waals surface area (Å²) in [5.74, 6) is -0.135. The second-order valence-corrected chi connectivity index (χ2v) is 5.78. The molecule has 0 saturated carbocycles. The summed E-state index contributed by atoms with van der Waals surface area (Å²) in [5.41, 5.74) is 2.53. The van der Waals surface area contributed by atoms with Crippen LogP contribution in [0.5, 0.6) is 0 Å². The smallest absolute Gasteiger partial charge is 0.234 e. The number of amides is 1. The third-order valence-corrected chi connectivity index (χ3v) is 3.63. The van der Waals surface area contributed by atoms with E-state index in [1.54, 1.807) is 17.6 Å². The van der Waals surface area contributed by atoms with E-state index < -0.39 is 0 Å². The van der Waals surface area contributed by atoms with Gasteiger partial charge in [0.1, 0.15) is 5.51 Å². The van der Waals surface area contributed by atoms with E-state index >= 15 is 0 Å². The van der Waals surface area contributed by atoms with Gasteiger partial charge in [0.15, 0.2) is 0 Å². The normalized spacial score (nSPS) is 12.4. The summed E-state index contributed by atoms with van der Waals surface area (Å²) in [4.78, 5) is 12.3. The van der Waals surface area contributed by atoms with Crippen molar-refractivity contribution in [3.8, 4) is 0 Å². The summed E-state index contributed by atoms with van der Waals surface area (Å²) < 4.78 is 0. The van der Waals surface area contributed by atoms with E-state index in [0.29, 0.717) is 10.2 Å². The summed E-state index contributed by atoms with van der Waals surface area (Å²) in [5, 5.41) is 11.5. The third kappa shape index (κ3) is 3.52. The van der Waals surface area contributed by atoms with E-state index in [1.807, 2.05) is 26.0 Å². The van der Waals surface area contributed by atoms with Crippen LogP contribution in [0, 0.1) is 5.92 Å². The number of carbonyl (C=O) groups excluding carboxylic acids is 1. The summed E-state index contributed by atoms with van der Waals surface area (Å²) in [7, 11) is 0. The van der Waals surface area contributed by atoms with E-state index in [4.69, 9.17) is 11.6 Å². The van der Waals surface area contributed by atoms with Gasteiger partial charge in [-0.1, -0.05) is 48.9 Å². The number of nitrogens with zero attached hydrogens (tertiary/aromatic N) is 2. The number of rotatable bonds is 4. The zero-order chi connectivity index (χ0) is 13.8. The van der Waals surface area contributed by atoms with Crippen molar-refractivity contribution >= 4 is 34.0 Å². The molecule has 1 aromatic carbocycles. The van der Waals surface area contributed by atoms with Crippen molar-refractivity contribution in [2.75, 3.05) is 5.32 Å². The standard InChI is InChI=1S/C13H14ClN3OS/c1-8(2)11(9-3-5-10(14)6-4-9)12(18)16-13-17-15-7-19-13/h3-8,11H,1-2H3,(H,16,17,18)/t11-/m0/s1. The molecule has 0 aliphatic heterocycles. The quantitative estimate of drug-likeness (QED) is 0.938. The number of halogens is 1. The van der Waals surface area contributed by atoms with E-state index in [0.717, 1.165) is 5.56 Å². The van der Waals surface area contributed by atoms with Gasteiger partial charge in [0, 0.05) is 5.02 Å². The van der Waals surface area contributed by atoms with Gasteiger partial charge in [0.25, 0.3) is 0 Å². The molecule has 1 atom stereocenters. The summed E-state index contributed by atoms with van der Waals surface area (Å²) in [6.07, 6.45) is 0. The first-order valence-electron chi connectivity index (χ1n) is 5.90. The van der Waals surface area contributed by atoms with Crippen LogP contribution in [0.1, 0.15) is 25.3 Å². The Morgan fingerprint density at radius 1 is 1.32 bits per heavy atom. The Morgan fingerprint density at radius 3 is 2.53 bits per heavy atom. The fourth-order valence-corrected chi connectivity index (χ4v) is 2.49. The van der Waals surface area contributed by atoms with Crippen molar-refractivity contribution in [1.29, 1.82) is 0 Å². The molecule has 1 amide bonds. The number of anilines is 1. The molecule has 1 N–H and O–H groups in total. The lowest BCUT2D eigenvalue weighted by Gasteiger charge is -2.19. The number of nitrogens with one attached hydrogen (secondary N) is 1. The van der Waals surface area contributed by atoms with Gasteiger partial charge < -0.3 is 0 Å². The number of carbonyl (C=O) groups is 1. The minimum Gasteiger partial charge on any atom is -0.300 e. The van der Waals surface area contributed by atoms with E-state index in [1.165, 1.54) is 11.3 Å². The van der Waals surface area contributed by atoms with Crippen LogP contribution >= 0.6 is 22.9 Å². The topological polar surface area (TPSA) is 54.9 Å². The molecule has 1 aromatic heterocycles. The first-order valence-corrected chi connectivity index (χ1v) is 7.16. The van der Waals surface area contributed by atoms with Crippen LogP contribution in [0.3, 0.4) is 0 Å². The highest BCUT2D eigenvalue weighted by Crippen LogP contribution is 2.27. The first kappa shape index (κ1) is 14.0. The lowest BCUT2D eigenvalue weighted by atomic mass is 9.88. The zero-order valence-electron chi connectivity index (χ0n) is 10.6. The molecule has 6 heteroatoms. The van der Waals surface area contributed by atoms with Crippen LogP contribution in [0.15, 0.2) is 29.8 Å². The predicted molar refractivity (Wildman–Crippen MR) is 77.6 cm³/mol. The maximum atomic E-state index is 12.3. The van der Waals surface area contributed by atoms with E-state index in [9.17, 15) is 4.79 Å². The zero-order valence-corrected chi connectivity index (χ0v) is 12.2. The molecule has 2 aromatic rings. The third-order valence-electron chi connectivity index (χ3n) is 2.77. The van der Waals surface area contributed by atoms with Gasteiger partial charge in [-0.05, 0) is 23.6 Å². The molecule has 0 spiro atoms. The molecule has 0 bridgehead atoms. The molecule has 0 unspecified atom stereocenters. The summed E-state index contributed by atoms with van der Waals surface area (Å²) in [6, 6.07) is 7.36. The van der Waals surface area contributed by atoms with Crippen LogP contribution in [0.2, 0.25) is 5.02 Å². The Hall–Kier alpha value is -1.46. The molecule has 0 saturated heterocycles. The lowest BCUT2D eigenvalue weighted by molar-refractivity contribution is -0.118. The number of aromatic nitrogens is 2. The van der Waals surface area contributed by atoms with Gasteiger partial charge in [-0.2, -0.15) is 0 Å². The highest BCUT2D eigenvalue weighted by atomic mass is 35.5. The fourth-order valence-electron chi connectivity index (χ4n) is 1.92. The number of hydrogen-bond acceptors (Lipinski definition) is 4. The maximum absolute atomic E-state index is 12.3. The SMILES string of the molecule is CC(C)[C@H](C(=O)Nc1nncs1)c1ccc(Cl)cc1. The molecule has 0 aliphatic rings. The van der Waals surface area contributed by atoms with Crippen LogP contribution < -0.4 is 5.32 Å². The molecule has 0 fully saturated rings. The monoisotopic (exact) mass is 295 g/mol. The van der Waals surface area contributed by atoms with Crippen LogP contribution in [-0.2, 0) is 4.79 Å². The molecule has 19 heavy (non-hydrogen) atoms. The Labute approximate surface area is 120 Å². The van der Waals surface area contributed by atoms with Crippen LogP contribution in [0.25, 0.3) is 0 Å². The van der Waals surface area contributed by atoms with Gasteiger partial charge in [0.05, 0.1) is 5.92 Å². The summed E-state index contributed by atoms with van der Waals surface area (Å²) >= 11 is 7.18. The van der Waals surface area contributed by atoms with Gasteiger partial charge in [-0.3, -0.25) is 10.1 Å². The van der Waals surface area contributed by atoms with Crippen molar-refractivity contribution in [3.05, 3.63) is 40.4 Å². The van der Waals surface area contributed by atoms with Gasteiger partial charge in [-0.15, -0.1) is 10.2 Å². The van der Waals surface area contributed by atoms with Gasteiger partial charge >= 0.3 is 0 Å². The van der Waals surface area contributed by atoms with Crippen LogP contribution in [-0.4, -0.2) is 16.1 Å².